The lowest BCUT2D eigenvalue weighted by molar-refractivity contribution is 0.741. The molecule has 0 bridgehead atoms. The molecule has 0 spiro atoms. The summed E-state index contributed by atoms with van der Waals surface area (Å²) >= 11 is 0. The molecule has 0 aliphatic carbocycles. The molecule has 1 heteroatoms. The van der Waals surface area contributed by atoms with E-state index < -0.39 is 0 Å². The van der Waals surface area contributed by atoms with E-state index in [-0.39, 0.29) is 0 Å². The van der Waals surface area contributed by atoms with Crippen molar-refractivity contribution in [1.29, 1.82) is 0 Å². The number of hydrogen-bond donors (Lipinski definition) is 1. The Labute approximate surface area is 106 Å². The molecule has 0 aliphatic heterocycles. The topological polar surface area (TPSA) is 26.0 Å². The van der Waals surface area contributed by atoms with E-state index in [4.69, 9.17) is 5.73 Å². The molecule has 0 atom stereocenters. The first-order chi connectivity index (χ1) is 8.17. The van der Waals surface area contributed by atoms with Gasteiger partial charge in [0.05, 0.1) is 0 Å². The van der Waals surface area contributed by atoms with Gasteiger partial charge in [0.2, 0.25) is 0 Å². The molecule has 1 nitrogen and oxygen atoms in total. The van der Waals surface area contributed by atoms with E-state index in [1.807, 2.05) is 0 Å². The van der Waals surface area contributed by atoms with Crippen LogP contribution < -0.4 is 5.73 Å². The van der Waals surface area contributed by atoms with Gasteiger partial charge in [-0.2, -0.15) is 0 Å². The number of aryl methyl sites for hydroxylation is 2. The maximum Gasteiger partial charge on any atom is -0.00772 e. The third kappa shape index (κ3) is 4.91. The molecular formula is C16H27N. The van der Waals surface area contributed by atoms with E-state index in [0.717, 1.165) is 13.0 Å². The number of hydrogen-bond acceptors (Lipinski definition) is 1. The summed E-state index contributed by atoms with van der Waals surface area (Å²) in [4.78, 5) is 0. The van der Waals surface area contributed by atoms with Crippen molar-refractivity contribution in [2.45, 2.75) is 58.8 Å². The van der Waals surface area contributed by atoms with Crippen LogP contribution in [-0.4, -0.2) is 6.54 Å². The van der Waals surface area contributed by atoms with Crippen molar-refractivity contribution in [2.75, 3.05) is 6.54 Å². The van der Waals surface area contributed by atoms with Gasteiger partial charge in [-0.3, -0.25) is 0 Å². The summed E-state index contributed by atoms with van der Waals surface area (Å²) in [7, 11) is 0. The van der Waals surface area contributed by atoms with Crippen molar-refractivity contribution in [2.24, 2.45) is 5.73 Å². The Bertz CT molecular complexity index is 328. The maximum absolute atomic E-state index is 5.55. The second-order valence-corrected chi connectivity index (χ2v) is 5.23. The fourth-order valence-corrected chi connectivity index (χ4v) is 2.18. The molecule has 0 saturated carbocycles. The molecule has 0 radical (unpaired) electrons. The summed E-state index contributed by atoms with van der Waals surface area (Å²) in [5.74, 6) is 0.625. The van der Waals surface area contributed by atoms with Crippen LogP contribution in [-0.2, 0) is 12.8 Å². The summed E-state index contributed by atoms with van der Waals surface area (Å²) in [6, 6.07) is 7.13. The van der Waals surface area contributed by atoms with Crippen LogP contribution in [0.2, 0.25) is 0 Å². The van der Waals surface area contributed by atoms with Crippen molar-refractivity contribution < 1.29 is 0 Å². The Morgan fingerprint density at radius 3 is 2.18 bits per heavy atom. The van der Waals surface area contributed by atoms with Gasteiger partial charge in [-0.05, 0) is 54.8 Å². The molecule has 1 aromatic rings. The largest absolute Gasteiger partial charge is 0.330 e. The van der Waals surface area contributed by atoms with Crippen molar-refractivity contribution in [3.05, 3.63) is 34.9 Å². The zero-order chi connectivity index (χ0) is 12.7. The Morgan fingerprint density at radius 2 is 1.65 bits per heavy atom. The molecule has 0 saturated heterocycles. The van der Waals surface area contributed by atoms with Crippen LogP contribution in [0.5, 0.6) is 0 Å². The van der Waals surface area contributed by atoms with Gasteiger partial charge >= 0.3 is 0 Å². The number of benzene rings is 1. The van der Waals surface area contributed by atoms with Crippen LogP contribution in [0.15, 0.2) is 18.2 Å². The molecule has 2 N–H and O–H groups in total. The first-order valence-corrected chi connectivity index (χ1v) is 7.00. The second-order valence-electron chi connectivity index (χ2n) is 5.23. The van der Waals surface area contributed by atoms with Gasteiger partial charge in [-0.25, -0.2) is 0 Å². The van der Waals surface area contributed by atoms with Crippen molar-refractivity contribution in [3.8, 4) is 0 Å². The summed E-state index contributed by atoms with van der Waals surface area (Å²) < 4.78 is 0. The van der Waals surface area contributed by atoms with Gasteiger partial charge in [0.15, 0.2) is 0 Å². The Hall–Kier alpha value is -0.820. The van der Waals surface area contributed by atoms with Crippen LogP contribution in [0, 0.1) is 0 Å². The Balaban J connectivity index is 2.79. The first kappa shape index (κ1) is 14.2. The summed E-state index contributed by atoms with van der Waals surface area (Å²) in [5, 5.41) is 0. The Kier molecular flexibility index (Phi) is 6.28. The molecule has 1 aromatic carbocycles. The van der Waals surface area contributed by atoms with Gasteiger partial charge in [-0.1, -0.05) is 45.4 Å². The minimum Gasteiger partial charge on any atom is -0.330 e. The molecule has 96 valence electrons. The summed E-state index contributed by atoms with van der Waals surface area (Å²) in [6.45, 7) is 7.60. The van der Waals surface area contributed by atoms with Gasteiger partial charge in [0.25, 0.3) is 0 Å². The van der Waals surface area contributed by atoms with Crippen molar-refractivity contribution in [3.63, 3.8) is 0 Å². The fourth-order valence-electron chi connectivity index (χ4n) is 2.18. The van der Waals surface area contributed by atoms with Gasteiger partial charge in [0.1, 0.15) is 0 Å². The average molecular weight is 233 g/mol. The minimum absolute atomic E-state index is 0.625. The van der Waals surface area contributed by atoms with E-state index in [9.17, 15) is 0 Å². The molecule has 17 heavy (non-hydrogen) atoms. The van der Waals surface area contributed by atoms with Crippen LogP contribution in [0.25, 0.3) is 0 Å². The van der Waals surface area contributed by atoms with Crippen LogP contribution >= 0.6 is 0 Å². The third-order valence-electron chi connectivity index (χ3n) is 3.20. The smallest absolute Gasteiger partial charge is 0.00772 e. The van der Waals surface area contributed by atoms with Crippen molar-refractivity contribution >= 4 is 0 Å². The van der Waals surface area contributed by atoms with Gasteiger partial charge in [-0.15, -0.1) is 0 Å². The quantitative estimate of drug-likeness (QED) is 0.707. The highest BCUT2D eigenvalue weighted by molar-refractivity contribution is 5.32. The average Bonchev–Trinajstić information content (AvgIpc) is 2.29. The second kappa shape index (κ2) is 7.50. The highest BCUT2D eigenvalue weighted by atomic mass is 14.5. The van der Waals surface area contributed by atoms with Gasteiger partial charge in [0, 0.05) is 0 Å². The van der Waals surface area contributed by atoms with Gasteiger partial charge < -0.3 is 5.73 Å². The maximum atomic E-state index is 5.55. The van der Waals surface area contributed by atoms with Crippen LogP contribution in [0.4, 0.5) is 0 Å². The number of rotatable bonds is 7. The normalized spacial score (nSPS) is 11.1. The lowest BCUT2D eigenvalue weighted by atomic mass is 9.94. The molecule has 0 amide bonds. The molecular weight excluding hydrogens is 206 g/mol. The number of nitrogens with two attached hydrogens (primary N) is 1. The highest BCUT2D eigenvalue weighted by Crippen LogP contribution is 2.20. The lowest BCUT2D eigenvalue weighted by Gasteiger charge is -2.12. The predicted octanol–water partition coefficient (Wildman–Crippen LogP) is 4.04. The molecule has 0 aliphatic rings. The molecule has 1 rings (SSSR count). The minimum atomic E-state index is 0.625. The summed E-state index contributed by atoms with van der Waals surface area (Å²) in [5.41, 5.74) is 10.0. The molecule has 0 aromatic heterocycles. The SMILES string of the molecule is CCCc1cc(CCCCN)cc(C(C)C)c1. The summed E-state index contributed by atoms with van der Waals surface area (Å²) in [6.07, 6.45) is 5.95. The van der Waals surface area contributed by atoms with E-state index in [0.29, 0.717) is 5.92 Å². The zero-order valence-corrected chi connectivity index (χ0v) is 11.6. The molecule has 0 unspecified atom stereocenters. The highest BCUT2D eigenvalue weighted by Gasteiger charge is 2.04. The lowest BCUT2D eigenvalue weighted by Crippen LogP contribution is -2.00. The third-order valence-corrected chi connectivity index (χ3v) is 3.20. The van der Waals surface area contributed by atoms with E-state index in [1.54, 1.807) is 0 Å². The fraction of sp³-hybridized carbons (Fsp3) is 0.625. The molecule has 0 fully saturated rings. The number of unbranched alkanes of at least 4 members (excludes halogenated alkanes) is 1. The Morgan fingerprint density at radius 1 is 1.00 bits per heavy atom. The standard InChI is InChI=1S/C16H27N/c1-4-7-14-10-15(8-5-6-9-17)12-16(11-14)13(2)3/h10-13H,4-9,17H2,1-3H3. The first-order valence-electron chi connectivity index (χ1n) is 7.00. The predicted molar refractivity (Wildman–Crippen MR) is 76.5 cm³/mol. The van der Waals surface area contributed by atoms with Crippen molar-refractivity contribution in [1.82, 2.24) is 0 Å². The van der Waals surface area contributed by atoms with E-state index in [2.05, 4.69) is 39.0 Å². The monoisotopic (exact) mass is 233 g/mol. The van der Waals surface area contributed by atoms with Crippen LogP contribution in [0.3, 0.4) is 0 Å². The molecule has 0 heterocycles. The zero-order valence-electron chi connectivity index (χ0n) is 11.6. The van der Waals surface area contributed by atoms with E-state index in [1.165, 1.54) is 42.4 Å². The van der Waals surface area contributed by atoms with Crippen LogP contribution in [0.1, 0.15) is 62.6 Å². The van der Waals surface area contributed by atoms with E-state index >= 15 is 0 Å².